The van der Waals surface area contributed by atoms with Crippen LogP contribution in [0.15, 0.2) is 22.7 Å². The molecule has 1 aliphatic rings. The van der Waals surface area contributed by atoms with Crippen molar-refractivity contribution in [2.24, 2.45) is 0 Å². The molecule has 1 atom stereocenters. The number of carbonyl (C=O) groups is 2. The molecule has 5 nitrogen and oxygen atoms in total. The summed E-state index contributed by atoms with van der Waals surface area (Å²) in [7, 11) is 0. The molecule has 0 spiro atoms. The molecule has 7 heteroatoms. The minimum absolute atomic E-state index is 0.111. The molecule has 1 fully saturated rings. The molecule has 23 heavy (non-hydrogen) atoms. The van der Waals surface area contributed by atoms with E-state index in [4.69, 9.17) is 16.3 Å². The fraction of sp³-hybridized carbons (Fsp3) is 0.500. The average Bonchev–Trinajstić information content (AvgIpc) is 3.21. The van der Waals surface area contributed by atoms with Crippen molar-refractivity contribution in [3.05, 3.63) is 33.3 Å². The Balaban J connectivity index is 2.37. The maximum atomic E-state index is 12.5. The number of rotatable bonds is 4. The first-order chi connectivity index (χ1) is 10.6. The molecule has 1 aromatic carbocycles. The van der Waals surface area contributed by atoms with Crippen LogP contribution in [0.25, 0.3) is 0 Å². The fourth-order valence-electron chi connectivity index (χ4n) is 2.24. The van der Waals surface area contributed by atoms with Gasteiger partial charge in [-0.25, -0.2) is 9.59 Å². The van der Waals surface area contributed by atoms with Crippen LogP contribution in [-0.2, 0) is 9.53 Å². The van der Waals surface area contributed by atoms with Gasteiger partial charge in [-0.3, -0.25) is 4.90 Å². The van der Waals surface area contributed by atoms with Crippen LogP contribution >= 0.6 is 27.5 Å². The Hall–Kier alpha value is -1.27. The van der Waals surface area contributed by atoms with Gasteiger partial charge in [0.05, 0.1) is 5.02 Å². The maximum Gasteiger partial charge on any atom is 0.411 e. The summed E-state index contributed by atoms with van der Waals surface area (Å²) < 4.78 is 5.98. The second kappa shape index (κ2) is 6.69. The standard InChI is InChI=1S/C16H19BrClNO4/c1-16(2,3)23-15(22)19(10-5-6-10)13(14(20)21)9-4-7-12(18)11(17)8-9/h4,7-8,10,13H,5-6H2,1-3H3,(H,20,21). The van der Waals surface area contributed by atoms with E-state index in [9.17, 15) is 14.7 Å². The number of ether oxygens (including phenoxy) is 1. The minimum atomic E-state index is -1.11. The quantitative estimate of drug-likeness (QED) is 0.794. The van der Waals surface area contributed by atoms with Gasteiger partial charge in [0.2, 0.25) is 0 Å². The van der Waals surface area contributed by atoms with E-state index in [1.807, 2.05) is 0 Å². The zero-order valence-electron chi connectivity index (χ0n) is 13.2. The first-order valence-electron chi connectivity index (χ1n) is 7.29. The summed E-state index contributed by atoms with van der Waals surface area (Å²) in [6.07, 6.45) is 0.939. The normalized spacial score (nSPS) is 15.9. The summed E-state index contributed by atoms with van der Waals surface area (Å²) in [6.45, 7) is 5.26. The van der Waals surface area contributed by atoms with Gasteiger partial charge in [0.1, 0.15) is 5.60 Å². The molecule has 1 unspecified atom stereocenters. The molecular formula is C16H19BrClNO4. The topological polar surface area (TPSA) is 66.8 Å². The fourth-order valence-corrected chi connectivity index (χ4v) is 2.75. The van der Waals surface area contributed by atoms with Gasteiger partial charge in [-0.1, -0.05) is 17.7 Å². The molecule has 0 heterocycles. The lowest BCUT2D eigenvalue weighted by Crippen LogP contribution is -2.43. The Morgan fingerprint density at radius 2 is 2.00 bits per heavy atom. The van der Waals surface area contributed by atoms with Crippen LogP contribution in [0.5, 0.6) is 0 Å². The van der Waals surface area contributed by atoms with Crippen molar-refractivity contribution in [3.63, 3.8) is 0 Å². The van der Waals surface area contributed by atoms with Gasteiger partial charge in [-0.15, -0.1) is 0 Å². The Bertz CT molecular complexity index is 625. The first-order valence-corrected chi connectivity index (χ1v) is 8.46. The third-order valence-corrected chi connectivity index (χ3v) is 4.53. The number of benzene rings is 1. The maximum absolute atomic E-state index is 12.5. The molecule has 1 saturated carbocycles. The third-order valence-electron chi connectivity index (χ3n) is 3.32. The van der Waals surface area contributed by atoms with Gasteiger partial charge in [0, 0.05) is 10.5 Å². The van der Waals surface area contributed by atoms with Crippen molar-refractivity contribution in [3.8, 4) is 0 Å². The zero-order chi connectivity index (χ0) is 17.4. The lowest BCUT2D eigenvalue weighted by atomic mass is 10.1. The lowest BCUT2D eigenvalue weighted by molar-refractivity contribution is -0.143. The highest BCUT2D eigenvalue weighted by molar-refractivity contribution is 9.10. The zero-order valence-corrected chi connectivity index (χ0v) is 15.5. The van der Waals surface area contributed by atoms with E-state index in [2.05, 4.69) is 15.9 Å². The molecule has 0 aliphatic heterocycles. The van der Waals surface area contributed by atoms with E-state index >= 15 is 0 Å². The van der Waals surface area contributed by atoms with Crippen molar-refractivity contribution < 1.29 is 19.4 Å². The molecule has 0 bridgehead atoms. The van der Waals surface area contributed by atoms with Crippen LogP contribution in [0.3, 0.4) is 0 Å². The second-order valence-electron chi connectivity index (χ2n) is 6.53. The van der Waals surface area contributed by atoms with Crippen LogP contribution in [0.4, 0.5) is 4.79 Å². The number of hydrogen-bond donors (Lipinski definition) is 1. The monoisotopic (exact) mass is 403 g/mol. The molecular weight excluding hydrogens is 386 g/mol. The molecule has 0 radical (unpaired) electrons. The van der Waals surface area contributed by atoms with E-state index in [0.717, 1.165) is 12.8 Å². The number of carboxylic acids is 1. The number of carbonyl (C=O) groups excluding carboxylic acids is 1. The Labute approximate surface area is 148 Å². The van der Waals surface area contributed by atoms with E-state index < -0.39 is 23.7 Å². The summed E-state index contributed by atoms with van der Waals surface area (Å²) in [5, 5.41) is 10.2. The number of nitrogens with zero attached hydrogens (tertiary/aromatic N) is 1. The Morgan fingerprint density at radius 1 is 1.39 bits per heavy atom. The number of aliphatic carboxylic acids is 1. The van der Waals surface area contributed by atoms with Crippen LogP contribution in [-0.4, -0.2) is 33.7 Å². The lowest BCUT2D eigenvalue weighted by Gasteiger charge is -2.32. The van der Waals surface area contributed by atoms with Gasteiger partial charge >= 0.3 is 12.1 Å². The van der Waals surface area contributed by atoms with Crippen LogP contribution in [0.1, 0.15) is 45.2 Å². The summed E-state index contributed by atoms with van der Waals surface area (Å²) in [4.78, 5) is 25.7. The molecule has 1 aliphatic carbocycles. The molecule has 2 rings (SSSR count). The summed E-state index contributed by atoms with van der Waals surface area (Å²) in [5.41, 5.74) is -0.208. The van der Waals surface area contributed by atoms with Gasteiger partial charge < -0.3 is 9.84 Å². The average molecular weight is 405 g/mol. The van der Waals surface area contributed by atoms with Crippen molar-refractivity contribution in [2.75, 3.05) is 0 Å². The highest BCUT2D eigenvalue weighted by Crippen LogP contribution is 2.37. The van der Waals surface area contributed by atoms with Crippen LogP contribution < -0.4 is 0 Å². The molecule has 0 aromatic heterocycles. The van der Waals surface area contributed by atoms with Crippen molar-refractivity contribution in [2.45, 2.75) is 51.3 Å². The van der Waals surface area contributed by atoms with Crippen molar-refractivity contribution in [1.29, 1.82) is 0 Å². The SMILES string of the molecule is CC(C)(C)OC(=O)N(C1CC1)C(C(=O)O)c1ccc(Cl)c(Br)c1. The number of halogens is 2. The molecule has 1 amide bonds. The number of carboxylic acid groups (broad SMARTS) is 1. The van der Waals surface area contributed by atoms with Gasteiger partial charge in [-0.2, -0.15) is 0 Å². The molecule has 1 aromatic rings. The Kier molecular flexibility index (Phi) is 5.26. The summed E-state index contributed by atoms with van der Waals surface area (Å²) in [5.74, 6) is -1.10. The highest BCUT2D eigenvalue weighted by Gasteiger charge is 2.43. The van der Waals surface area contributed by atoms with Gasteiger partial charge in [0.25, 0.3) is 0 Å². The van der Waals surface area contributed by atoms with Crippen LogP contribution in [0.2, 0.25) is 5.02 Å². The molecule has 126 valence electrons. The number of amides is 1. The Morgan fingerprint density at radius 3 is 2.43 bits per heavy atom. The molecule has 0 saturated heterocycles. The van der Waals surface area contributed by atoms with E-state index in [1.165, 1.54) is 4.90 Å². The number of hydrogen-bond acceptors (Lipinski definition) is 3. The van der Waals surface area contributed by atoms with E-state index in [0.29, 0.717) is 15.1 Å². The minimum Gasteiger partial charge on any atom is -0.479 e. The smallest absolute Gasteiger partial charge is 0.411 e. The highest BCUT2D eigenvalue weighted by atomic mass is 79.9. The first kappa shape index (κ1) is 18.1. The largest absolute Gasteiger partial charge is 0.479 e. The summed E-state index contributed by atoms with van der Waals surface area (Å²) >= 11 is 9.26. The predicted octanol–water partition coefficient (Wildman–Crippen LogP) is 4.63. The van der Waals surface area contributed by atoms with Gasteiger partial charge in [0.15, 0.2) is 6.04 Å². The van der Waals surface area contributed by atoms with Crippen molar-refractivity contribution >= 4 is 39.6 Å². The van der Waals surface area contributed by atoms with E-state index in [-0.39, 0.29) is 6.04 Å². The molecule has 1 N–H and O–H groups in total. The van der Waals surface area contributed by atoms with Gasteiger partial charge in [-0.05, 0) is 67.2 Å². The second-order valence-corrected chi connectivity index (χ2v) is 7.79. The van der Waals surface area contributed by atoms with Crippen molar-refractivity contribution in [1.82, 2.24) is 4.90 Å². The predicted molar refractivity (Wildman–Crippen MR) is 90.6 cm³/mol. The summed E-state index contributed by atoms with van der Waals surface area (Å²) in [6, 6.07) is 3.63. The third kappa shape index (κ3) is 4.61. The van der Waals surface area contributed by atoms with Crippen LogP contribution in [0, 0.1) is 0 Å². The van der Waals surface area contributed by atoms with E-state index in [1.54, 1.807) is 39.0 Å².